The van der Waals surface area contributed by atoms with Gasteiger partial charge in [0.1, 0.15) is 6.04 Å². The molecular formula is C21H17ClF3N5O5S. The number of aliphatic imine (C=N–C) groups is 1. The molecule has 1 aromatic heterocycles. The molecule has 0 aliphatic carbocycles. The topological polar surface area (TPSA) is 167 Å². The highest BCUT2D eigenvalue weighted by Crippen LogP contribution is 2.31. The first kappa shape index (κ1) is 26.8. The first-order chi connectivity index (χ1) is 16.8. The number of alkyl halides is 3. The van der Waals surface area contributed by atoms with Gasteiger partial charge in [-0.1, -0.05) is 48.0 Å². The highest BCUT2D eigenvalue weighted by atomic mass is 35.5. The SMILES string of the molecule is NC(N)=Nc1ncc(Cl)c2ccc(S(=O)(=O)N[C@@H](Cc3ccccc3)C(=O)OC(=O)C(F)(F)F)cc12. The maximum absolute atomic E-state index is 13.1. The Kier molecular flexibility index (Phi) is 7.81. The van der Waals surface area contributed by atoms with Gasteiger partial charge in [0.2, 0.25) is 10.0 Å². The van der Waals surface area contributed by atoms with E-state index in [9.17, 15) is 31.2 Å². The summed E-state index contributed by atoms with van der Waals surface area (Å²) in [5.74, 6) is -4.94. The van der Waals surface area contributed by atoms with E-state index in [-0.39, 0.29) is 22.2 Å². The fourth-order valence-corrected chi connectivity index (χ4v) is 4.47. The normalized spacial score (nSPS) is 12.7. The summed E-state index contributed by atoms with van der Waals surface area (Å²) in [6.07, 6.45) is -4.62. The zero-order valence-electron chi connectivity index (χ0n) is 18.0. The van der Waals surface area contributed by atoms with Crippen LogP contribution in [0.1, 0.15) is 5.56 Å². The molecule has 15 heteroatoms. The molecule has 0 spiro atoms. The van der Waals surface area contributed by atoms with Crippen molar-refractivity contribution < 1.29 is 35.9 Å². The van der Waals surface area contributed by atoms with Gasteiger partial charge in [-0.2, -0.15) is 22.9 Å². The lowest BCUT2D eigenvalue weighted by Gasteiger charge is -2.18. The highest BCUT2D eigenvalue weighted by Gasteiger charge is 2.43. The molecule has 2 aromatic carbocycles. The minimum Gasteiger partial charge on any atom is -0.385 e. The molecule has 0 unspecified atom stereocenters. The Morgan fingerprint density at radius 1 is 1.11 bits per heavy atom. The van der Waals surface area contributed by atoms with Gasteiger partial charge in [0.15, 0.2) is 11.8 Å². The first-order valence-electron chi connectivity index (χ1n) is 9.85. The molecule has 3 aromatic rings. The van der Waals surface area contributed by atoms with E-state index in [0.717, 1.165) is 12.1 Å². The molecule has 1 heterocycles. The zero-order valence-corrected chi connectivity index (χ0v) is 19.6. The summed E-state index contributed by atoms with van der Waals surface area (Å²) in [5.41, 5.74) is 11.2. The Bertz CT molecular complexity index is 1450. The third-order valence-corrected chi connectivity index (χ3v) is 6.39. The maximum atomic E-state index is 13.1. The summed E-state index contributed by atoms with van der Waals surface area (Å²) in [7, 11) is -4.57. The van der Waals surface area contributed by atoms with Crippen LogP contribution in [-0.2, 0) is 30.8 Å². The van der Waals surface area contributed by atoms with Crippen LogP contribution in [0.5, 0.6) is 0 Å². The third-order valence-electron chi connectivity index (χ3n) is 4.62. The molecular weight excluding hydrogens is 527 g/mol. The number of hydrogen-bond acceptors (Lipinski definition) is 7. The second-order valence-corrected chi connectivity index (χ2v) is 9.36. The molecule has 3 rings (SSSR count). The number of nitrogens with zero attached hydrogens (tertiary/aromatic N) is 2. The molecule has 0 aliphatic rings. The molecule has 190 valence electrons. The zero-order chi connectivity index (χ0) is 26.7. The van der Waals surface area contributed by atoms with Crippen LogP contribution >= 0.6 is 11.6 Å². The molecule has 0 aliphatic heterocycles. The predicted octanol–water partition coefficient (Wildman–Crippen LogP) is 2.31. The lowest BCUT2D eigenvalue weighted by Crippen LogP contribution is -2.45. The number of benzene rings is 2. The van der Waals surface area contributed by atoms with Crippen molar-refractivity contribution in [2.45, 2.75) is 23.5 Å². The van der Waals surface area contributed by atoms with Crippen LogP contribution in [0.2, 0.25) is 5.02 Å². The van der Waals surface area contributed by atoms with Crippen molar-refractivity contribution in [3.8, 4) is 0 Å². The van der Waals surface area contributed by atoms with Crippen LogP contribution in [0, 0.1) is 0 Å². The number of halogens is 4. The van der Waals surface area contributed by atoms with Gasteiger partial charge in [0.05, 0.1) is 9.92 Å². The molecule has 0 amide bonds. The van der Waals surface area contributed by atoms with Crippen molar-refractivity contribution in [3.05, 3.63) is 65.3 Å². The van der Waals surface area contributed by atoms with E-state index in [1.54, 1.807) is 18.2 Å². The van der Waals surface area contributed by atoms with Gasteiger partial charge in [0.25, 0.3) is 0 Å². The van der Waals surface area contributed by atoms with E-state index in [4.69, 9.17) is 23.1 Å². The van der Waals surface area contributed by atoms with Crippen molar-refractivity contribution in [3.63, 3.8) is 0 Å². The van der Waals surface area contributed by atoms with Gasteiger partial charge in [-0.3, -0.25) is 0 Å². The Balaban J connectivity index is 2.01. The average molecular weight is 544 g/mol. The van der Waals surface area contributed by atoms with Crippen LogP contribution in [0.15, 0.2) is 64.6 Å². The summed E-state index contributed by atoms with van der Waals surface area (Å²) in [6, 6.07) is 9.49. The van der Waals surface area contributed by atoms with Crippen LogP contribution in [0.3, 0.4) is 0 Å². The Morgan fingerprint density at radius 2 is 1.78 bits per heavy atom. The van der Waals surface area contributed by atoms with Crippen LogP contribution in [0.4, 0.5) is 19.0 Å². The van der Waals surface area contributed by atoms with Gasteiger partial charge >= 0.3 is 18.1 Å². The van der Waals surface area contributed by atoms with Crippen LogP contribution in [0.25, 0.3) is 10.8 Å². The van der Waals surface area contributed by atoms with Crippen molar-refractivity contribution in [1.82, 2.24) is 9.71 Å². The largest absolute Gasteiger partial charge is 0.491 e. The lowest BCUT2D eigenvalue weighted by atomic mass is 10.1. The number of ether oxygens (including phenoxy) is 1. The minimum absolute atomic E-state index is 0.0533. The number of nitrogens with one attached hydrogen (secondary N) is 1. The Hall–Kier alpha value is -3.75. The Labute approximate surface area is 207 Å². The van der Waals surface area contributed by atoms with Crippen molar-refractivity contribution in [2.75, 3.05) is 0 Å². The molecule has 0 saturated carbocycles. The van der Waals surface area contributed by atoms with Crippen molar-refractivity contribution in [2.24, 2.45) is 16.5 Å². The molecule has 10 nitrogen and oxygen atoms in total. The van der Waals surface area contributed by atoms with E-state index >= 15 is 0 Å². The summed E-state index contributed by atoms with van der Waals surface area (Å²) in [6.45, 7) is 0. The predicted molar refractivity (Wildman–Crippen MR) is 124 cm³/mol. The lowest BCUT2D eigenvalue weighted by molar-refractivity contribution is -0.202. The molecule has 0 fully saturated rings. The van der Waals surface area contributed by atoms with Gasteiger partial charge in [-0.25, -0.2) is 23.0 Å². The molecule has 0 saturated heterocycles. The fraction of sp³-hybridized carbons (Fsp3) is 0.143. The number of rotatable bonds is 7. The highest BCUT2D eigenvalue weighted by molar-refractivity contribution is 7.89. The van der Waals surface area contributed by atoms with Gasteiger partial charge in [-0.15, -0.1) is 0 Å². The number of aromatic nitrogens is 1. The number of sulfonamides is 1. The van der Waals surface area contributed by atoms with Crippen LogP contribution in [-0.4, -0.2) is 43.5 Å². The molecule has 36 heavy (non-hydrogen) atoms. The quantitative estimate of drug-likeness (QED) is 0.177. The number of nitrogens with two attached hydrogens (primary N) is 2. The number of pyridine rings is 1. The van der Waals surface area contributed by atoms with Gasteiger partial charge < -0.3 is 16.2 Å². The summed E-state index contributed by atoms with van der Waals surface area (Å²) in [4.78, 5) is 30.9. The number of carbonyl (C=O) groups is 2. The fourth-order valence-electron chi connectivity index (χ4n) is 3.05. The van der Waals surface area contributed by atoms with Crippen LogP contribution < -0.4 is 16.2 Å². The number of esters is 2. The first-order valence-corrected chi connectivity index (χ1v) is 11.7. The van der Waals surface area contributed by atoms with E-state index < -0.39 is 45.5 Å². The summed E-state index contributed by atoms with van der Waals surface area (Å²) in [5, 5.41) is 0.641. The van der Waals surface area contributed by atoms with Crippen molar-refractivity contribution >= 4 is 56.1 Å². The molecule has 1 atom stereocenters. The second kappa shape index (κ2) is 10.5. The summed E-state index contributed by atoms with van der Waals surface area (Å²) >= 11 is 6.11. The molecule has 0 radical (unpaired) electrons. The number of carbonyl (C=O) groups excluding carboxylic acids is 2. The minimum atomic E-state index is -5.46. The van der Waals surface area contributed by atoms with Gasteiger partial charge in [0, 0.05) is 17.0 Å². The van der Waals surface area contributed by atoms with Gasteiger partial charge in [-0.05, 0) is 24.1 Å². The number of guanidine groups is 1. The molecule has 5 N–H and O–H groups in total. The average Bonchev–Trinajstić information content (AvgIpc) is 2.80. The summed E-state index contributed by atoms with van der Waals surface area (Å²) < 4.78 is 69.9. The van der Waals surface area contributed by atoms with E-state index in [1.165, 1.54) is 24.4 Å². The van der Waals surface area contributed by atoms with E-state index in [0.29, 0.717) is 10.9 Å². The number of fused-ring (bicyclic) bond motifs is 1. The second-order valence-electron chi connectivity index (χ2n) is 7.24. The smallest absolute Gasteiger partial charge is 0.385 e. The Morgan fingerprint density at radius 3 is 2.39 bits per heavy atom. The standard InChI is InChI=1S/C21H17ClF3N5O5S/c22-15-10-28-17(29-20(26)27)14-9-12(6-7-13(14)15)36(33,34)30-16(8-11-4-2-1-3-5-11)18(31)35-19(32)21(23,24)25/h1-7,9-10,16,30H,8H2,(H4,26,27,28,29)/t16-/m0/s1. The number of hydrogen-bond donors (Lipinski definition) is 3. The van der Waals surface area contributed by atoms with E-state index in [1.807, 2.05) is 4.72 Å². The van der Waals surface area contributed by atoms with Crippen molar-refractivity contribution in [1.29, 1.82) is 0 Å². The third kappa shape index (κ3) is 6.47. The van der Waals surface area contributed by atoms with E-state index in [2.05, 4.69) is 14.7 Å². The monoisotopic (exact) mass is 543 g/mol. The molecule has 0 bridgehead atoms. The maximum Gasteiger partial charge on any atom is 0.491 e.